The minimum atomic E-state index is -4.36. The molecule has 1 aromatic carbocycles. The molecule has 45 heavy (non-hydrogen) atoms. The summed E-state index contributed by atoms with van der Waals surface area (Å²) >= 11 is 0. The number of hydrogen-bond donors (Lipinski definition) is 1. The van der Waals surface area contributed by atoms with Crippen molar-refractivity contribution in [2.24, 2.45) is 11.3 Å². The maximum Gasteiger partial charge on any atom is 0.411 e. The zero-order chi connectivity index (χ0) is 32.8. The smallest absolute Gasteiger partial charge is 0.411 e. The van der Waals surface area contributed by atoms with Crippen molar-refractivity contribution in [1.82, 2.24) is 14.6 Å². The Morgan fingerprint density at radius 2 is 1.87 bits per heavy atom. The Kier molecular flexibility index (Phi) is 8.95. The summed E-state index contributed by atoms with van der Waals surface area (Å²) in [5, 5.41) is 1.78. The standard InChI is InChI=1S/C33H45N3O8S/c1-7-12-32(13-14-32)44-45(40,41)35-29(38)33(18-23(33)8-2)19-27(37)26-17-24(20-36(26)30(39)43-31(4,5)6)42-28-25-10-9-21(3)16-22(25)11-15-34-28/h9-11,15-16,23-24,26H,7-8,12-14,17-20H2,1-6H3,(H,35,38)/t23-,24-,26+,33-/m1/s1. The summed E-state index contributed by atoms with van der Waals surface area (Å²) in [5.74, 6) is -0.850. The first kappa shape index (κ1) is 33.1. The number of aromatic nitrogens is 1. The van der Waals surface area contributed by atoms with E-state index in [1.807, 2.05) is 45.0 Å². The van der Waals surface area contributed by atoms with Crippen LogP contribution in [0, 0.1) is 18.3 Å². The molecule has 3 fully saturated rings. The lowest BCUT2D eigenvalue weighted by atomic mass is 9.91. The second-order valence-corrected chi connectivity index (χ2v) is 15.3. The van der Waals surface area contributed by atoms with Crippen molar-refractivity contribution in [2.45, 2.75) is 116 Å². The number of carbonyl (C=O) groups is 3. The molecule has 2 amide bonds. The van der Waals surface area contributed by atoms with E-state index in [0.717, 1.165) is 22.8 Å². The van der Waals surface area contributed by atoms with Gasteiger partial charge in [-0.1, -0.05) is 44.4 Å². The quantitative estimate of drug-likeness (QED) is 0.322. The number of pyridine rings is 1. The highest BCUT2D eigenvalue weighted by atomic mass is 32.2. The van der Waals surface area contributed by atoms with Crippen LogP contribution in [0.2, 0.25) is 0 Å². The van der Waals surface area contributed by atoms with Gasteiger partial charge in [0.25, 0.3) is 0 Å². The molecule has 12 heteroatoms. The van der Waals surface area contributed by atoms with E-state index in [-0.39, 0.29) is 31.1 Å². The third-order valence-electron chi connectivity index (χ3n) is 9.11. The third-order valence-corrected chi connectivity index (χ3v) is 10.1. The van der Waals surface area contributed by atoms with Crippen LogP contribution >= 0.6 is 0 Å². The van der Waals surface area contributed by atoms with Crippen molar-refractivity contribution in [3.8, 4) is 5.88 Å². The molecule has 2 aromatic rings. The van der Waals surface area contributed by atoms with Crippen LogP contribution in [0.1, 0.15) is 91.5 Å². The Morgan fingerprint density at radius 1 is 1.13 bits per heavy atom. The number of Topliss-reactive ketones (excluding diaryl/α,β-unsaturated/α-hetero) is 1. The molecular formula is C33H45N3O8S. The maximum atomic E-state index is 14.0. The fourth-order valence-electron chi connectivity index (χ4n) is 6.59. The van der Waals surface area contributed by atoms with Crippen molar-refractivity contribution in [2.75, 3.05) is 6.54 Å². The molecule has 3 aliphatic rings. The van der Waals surface area contributed by atoms with Crippen LogP contribution in [0.3, 0.4) is 0 Å². The maximum absolute atomic E-state index is 14.0. The predicted molar refractivity (Wildman–Crippen MR) is 168 cm³/mol. The molecule has 4 atom stereocenters. The van der Waals surface area contributed by atoms with Gasteiger partial charge in [-0.3, -0.25) is 14.5 Å². The average molecular weight is 644 g/mol. The second kappa shape index (κ2) is 12.2. The van der Waals surface area contributed by atoms with E-state index in [1.165, 1.54) is 4.90 Å². The molecule has 0 spiro atoms. The van der Waals surface area contributed by atoms with E-state index in [1.54, 1.807) is 27.0 Å². The number of nitrogens with one attached hydrogen (secondary N) is 1. The summed E-state index contributed by atoms with van der Waals surface area (Å²) in [6, 6.07) is 6.90. The van der Waals surface area contributed by atoms with Gasteiger partial charge in [0, 0.05) is 24.4 Å². The molecule has 0 bridgehead atoms. The number of carbonyl (C=O) groups excluding carboxylic acids is 3. The number of fused-ring (bicyclic) bond motifs is 1. The first-order chi connectivity index (χ1) is 21.1. The lowest BCUT2D eigenvalue weighted by Crippen LogP contribution is -2.46. The van der Waals surface area contributed by atoms with Crippen LogP contribution in [0.15, 0.2) is 30.5 Å². The number of aryl methyl sites for hydroxylation is 1. The van der Waals surface area contributed by atoms with Gasteiger partial charge in [0.15, 0.2) is 5.78 Å². The van der Waals surface area contributed by atoms with Gasteiger partial charge in [0.05, 0.1) is 23.6 Å². The molecule has 0 radical (unpaired) electrons. The molecule has 1 N–H and O–H groups in total. The van der Waals surface area contributed by atoms with Crippen LogP contribution in [0.25, 0.3) is 10.8 Å². The Labute approximate surface area is 265 Å². The van der Waals surface area contributed by atoms with Crippen LogP contribution in [0.5, 0.6) is 5.88 Å². The zero-order valence-corrected chi connectivity index (χ0v) is 27.9. The topological polar surface area (TPSA) is 141 Å². The first-order valence-corrected chi connectivity index (χ1v) is 17.3. The molecule has 1 aliphatic heterocycles. The first-order valence-electron chi connectivity index (χ1n) is 15.9. The fraction of sp³-hybridized carbons (Fsp3) is 0.636. The van der Waals surface area contributed by atoms with E-state index < -0.39 is 51.1 Å². The van der Waals surface area contributed by atoms with Gasteiger partial charge in [0.2, 0.25) is 11.8 Å². The molecule has 2 heterocycles. The predicted octanol–water partition coefficient (Wildman–Crippen LogP) is 5.39. The van der Waals surface area contributed by atoms with E-state index in [0.29, 0.717) is 38.0 Å². The zero-order valence-electron chi connectivity index (χ0n) is 27.1. The average Bonchev–Trinajstić information content (AvgIpc) is 3.81. The minimum absolute atomic E-state index is 0.0907. The number of benzene rings is 1. The van der Waals surface area contributed by atoms with Crippen LogP contribution in [0.4, 0.5) is 4.79 Å². The van der Waals surface area contributed by atoms with E-state index in [9.17, 15) is 22.8 Å². The van der Waals surface area contributed by atoms with Gasteiger partial charge in [-0.15, -0.1) is 0 Å². The summed E-state index contributed by atoms with van der Waals surface area (Å²) < 4.78 is 45.2. The number of likely N-dealkylation sites (tertiary alicyclic amines) is 1. The van der Waals surface area contributed by atoms with Gasteiger partial charge in [-0.25, -0.2) is 18.7 Å². The Bertz CT molecular complexity index is 1580. The summed E-state index contributed by atoms with van der Waals surface area (Å²) in [6.45, 7) is 11.2. The van der Waals surface area contributed by atoms with Gasteiger partial charge in [-0.05, 0) is 76.8 Å². The summed E-state index contributed by atoms with van der Waals surface area (Å²) in [5.41, 5.74) is -1.65. The monoisotopic (exact) mass is 643 g/mol. The number of ether oxygens (including phenoxy) is 2. The number of ketones is 1. The SMILES string of the molecule is CCCC1(OS(=O)(=O)NC(=O)[C@@]2(CC(=O)[C@@H]3C[C@@H](Oc4nccc5cc(C)ccc45)CN3C(=O)OC(C)(C)C)C[C@H]2CC)CC1. The van der Waals surface area contributed by atoms with E-state index >= 15 is 0 Å². The lowest BCUT2D eigenvalue weighted by molar-refractivity contribution is -0.132. The van der Waals surface area contributed by atoms with Gasteiger partial charge in [0.1, 0.15) is 11.7 Å². The Hall–Kier alpha value is -3.25. The van der Waals surface area contributed by atoms with Crippen LogP contribution in [-0.4, -0.2) is 66.0 Å². The summed E-state index contributed by atoms with van der Waals surface area (Å²) in [7, 11) is -4.36. The Balaban J connectivity index is 1.34. The number of nitrogens with zero attached hydrogens (tertiary/aromatic N) is 2. The molecule has 2 saturated carbocycles. The van der Waals surface area contributed by atoms with Gasteiger partial charge in [-0.2, -0.15) is 8.42 Å². The van der Waals surface area contributed by atoms with Crippen molar-refractivity contribution in [3.05, 3.63) is 36.0 Å². The molecule has 0 unspecified atom stereocenters. The van der Waals surface area contributed by atoms with Crippen molar-refractivity contribution >= 4 is 38.9 Å². The second-order valence-electron chi connectivity index (χ2n) is 14.0. The fourth-order valence-corrected chi connectivity index (χ4v) is 7.78. The van der Waals surface area contributed by atoms with Crippen molar-refractivity contribution < 1.29 is 36.5 Å². The minimum Gasteiger partial charge on any atom is -0.472 e. The van der Waals surface area contributed by atoms with Gasteiger partial charge >= 0.3 is 16.4 Å². The summed E-state index contributed by atoms with van der Waals surface area (Å²) in [4.78, 5) is 46.7. The molecule has 246 valence electrons. The third kappa shape index (κ3) is 7.43. The lowest BCUT2D eigenvalue weighted by Gasteiger charge is -2.28. The van der Waals surface area contributed by atoms with E-state index in [2.05, 4.69) is 9.71 Å². The molecular weight excluding hydrogens is 598 g/mol. The number of hydrogen-bond acceptors (Lipinski definition) is 9. The largest absolute Gasteiger partial charge is 0.472 e. The van der Waals surface area contributed by atoms with Crippen molar-refractivity contribution in [1.29, 1.82) is 0 Å². The molecule has 5 rings (SSSR count). The molecule has 2 aliphatic carbocycles. The highest BCUT2D eigenvalue weighted by Gasteiger charge is 2.62. The highest BCUT2D eigenvalue weighted by molar-refractivity contribution is 7.85. The molecule has 11 nitrogen and oxygen atoms in total. The number of amides is 2. The highest BCUT2D eigenvalue weighted by Crippen LogP contribution is 2.58. The summed E-state index contributed by atoms with van der Waals surface area (Å²) in [6.07, 6.45) is 3.97. The molecule has 1 saturated heterocycles. The van der Waals surface area contributed by atoms with Gasteiger partial charge < -0.3 is 9.47 Å². The van der Waals surface area contributed by atoms with Crippen LogP contribution in [-0.2, 0) is 28.8 Å². The molecule has 1 aromatic heterocycles. The Morgan fingerprint density at radius 3 is 2.49 bits per heavy atom. The van der Waals surface area contributed by atoms with Crippen molar-refractivity contribution in [3.63, 3.8) is 0 Å². The van der Waals surface area contributed by atoms with E-state index in [4.69, 9.17) is 13.7 Å². The number of rotatable bonds is 12. The normalized spacial score (nSPS) is 25.6. The van der Waals surface area contributed by atoms with Crippen LogP contribution < -0.4 is 9.46 Å².